The van der Waals surface area contributed by atoms with Crippen LogP contribution in [0.15, 0.2) is 54.6 Å². The fraction of sp³-hybridized carbons (Fsp3) is 0. The number of hydrogen-bond donors (Lipinski definition) is 0. The van der Waals surface area contributed by atoms with Crippen molar-refractivity contribution in [1.29, 1.82) is 0 Å². The van der Waals surface area contributed by atoms with Crippen molar-refractivity contribution < 1.29 is 14.3 Å². The fourth-order valence-corrected chi connectivity index (χ4v) is 1.33. The zero-order valence-electron chi connectivity index (χ0n) is 8.80. The molecule has 17 heavy (non-hydrogen) atoms. The molecule has 0 heterocycles. The Bertz CT molecular complexity index is 494. The summed E-state index contributed by atoms with van der Waals surface area (Å²) in [5.41, 5.74) is 0. The normalized spacial score (nSPS) is 9.71. The van der Waals surface area contributed by atoms with Gasteiger partial charge >= 0.3 is 6.16 Å². The monoisotopic (exact) mass is 248 g/mol. The average molecular weight is 249 g/mol. The van der Waals surface area contributed by atoms with Gasteiger partial charge in [0.2, 0.25) is 0 Å². The van der Waals surface area contributed by atoms with Crippen molar-refractivity contribution in [2.75, 3.05) is 0 Å². The minimum absolute atomic E-state index is 0.385. The minimum atomic E-state index is -0.779. The van der Waals surface area contributed by atoms with Crippen molar-refractivity contribution in [3.05, 3.63) is 59.6 Å². The van der Waals surface area contributed by atoms with Gasteiger partial charge in [0.25, 0.3) is 0 Å². The second-order valence-electron chi connectivity index (χ2n) is 3.22. The van der Waals surface area contributed by atoms with E-state index in [1.165, 1.54) is 0 Å². The van der Waals surface area contributed by atoms with E-state index >= 15 is 0 Å². The van der Waals surface area contributed by atoms with E-state index in [1.807, 2.05) is 6.07 Å². The van der Waals surface area contributed by atoms with E-state index < -0.39 is 6.16 Å². The van der Waals surface area contributed by atoms with E-state index in [0.29, 0.717) is 16.5 Å². The molecule has 0 atom stereocenters. The Morgan fingerprint density at radius 3 is 1.94 bits per heavy atom. The van der Waals surface area contributed by atoms with Gasteiger partial charge in [-0.1, -0.05) is 29.8 Å². The molecule has 0 amide bonds. The van der Waals surface area contributed by atoms with Crippen LogP contribution in [0.25, 0.3) is 0 Å². The zero-order chi connectivity index (χ0) is 12.1. The summed E-state index contributed by atoms with van der Waals surface area (Å²) in [5.74, 6) is 0.821. The lowest BCUT2D eigenvalue weighted by Gasteiger charge is -2.04. The summed E-state index contributed by atoms with van der Waals surface area (Å²) in [5, 5.41) is 0.578. The lowest BCUT2D eigenvalue weighted by molar-refractivity contribution is 0.152. The van der Waals surface area contributed by atoms with Gasteiger partial charge in [0.15, 0.2) is 0 Å². The Labute approximate surface area is 104 Å². The number of halogens is 1. The van der Waals surface area contributed by atoms with Crippen molar-refractivity contribution in [2.45, 2.75) is 0 Å². The molecule has 2 aromatic carbocycles. The Hall–Kier alpha value is -2.00. The van der Waals surface area contributed by atoms with Crippen LogP contribution in [-0.2, 0) is 0 Å². The van der Waals surface area contributed by atoms with Gasteiger partial charge in [-0.3, -0.25) is 0 Å². The number of rotatable bonds is 2. The molecule has 0 radical (unpaired) electrons. The first-order valence-electron chi connectivity index (χ1n) is 4.94. The number of ether oxygens (including phenoxy) is 2. The van der Waals surface area contributed by atoms with Crippen LogP contribution in [0.2, 0.25) is 5.02 Å². The van der Waals surface area contributed by atoms with E-state index in [4.69, 9.17) is 21.1 Å². The lowest BCUT2D eigenvalue weighted by Crippen LogP contribution is -2.13. The number of hydrogen-bond acceptors (Lipinski definition) is 3. The van der Waals surface area contributed by atoms with Crippen LogP contribution in [0.3, 0.4) is 0 Å². The predicted molar refractivity (Wildman–Crippen MR) is 64.5 cm³/mol. The van der Waals surface area contributed by atoms with Gasteiger partial charge in [0.05, 0.1) is 0 Å². The number of para-hydroxylation sites is 1. The van der Waals surface area contributed by atoms with Crippen molar-refractivity contribution in [3.8, 4) is 11.5 Å². The first-order chi connectivity index (χ1) is 8.24. The smallest absolute Gasteiger partial charge is 0.395 e. The van der Waals surface area contributed by atoms with E-state index in [-0.39, 0.29) is 0 Å². The highest BCUT2D eigenvalue weighted by atomic mass is 35.5. The average Bonchev–Trinajstić information content (AvgIpc) is 2.33. The highest BCUT2D eigenvalue weighted by molar-refractivity contribution is 6.30. The van der Waals surface area contributed by atoms with Crippen LogP contribution in [0, 0.1) is 0 Å². The molecule has 0 saturated carbocycles. The maximum atomic E-state index is 11.4. The number of carbonyl (C=O) groups is 1. The molecular weight excluding hydrogens is 240 g/mol. The first-order valence-corrected chi connectivity index (χ1v) is 5.32. The molecule has 4 heteroatoms. The van der Waals surface area contributed by atoms with E-state index in [1.54, 1.807) is 48.5 Å². The fourth-order valence-electron chi connectivity index (χ4n) is 1.20. The minimum Gasteiger partial charge on any atom is -0.395 e. The van der Waals surface area contributed by atoms with Crippen LogP contribution < -0.4 is 9.47 Å². The molecule has 0 aliphatic heterocycles. The predicted octanol–water partition coefficient (Wildman–Crippen LogP) is 3.92. The maximum absolute atomic E-state index is 11.4. The highest BCUT2D eigenvalue weighted by Crippen LogP contribution is 2.17. The molecule has 0 aromatic heterocycles. The van der Waals surface area contributed by atoms with Crippen molar-refractivity contribution >= 4 is 17.8 Å². The molecule has 0 fully saturated rings. The summed E-state index contributed by atoms with van der Waals surface area (Å²) in [4.78, 5) is 11.4. The molecule has 0 N–H and O–H groups in total. The molecule has 0 spiro atoms. The quantitative estimate of drug-likeness (QED) is 0.597. The number of benzene rings is 2. The molecule has 0 aliphatic rings. The van der Waals surface area contributed by atoms with Crippen molar-refractivity contribution in [2.24, 2.45) is 0 Å². The Morgan fingerprint density at radius 2 is 1.35 bits per heavy atom. The van der Waals surface area contributed by atoms with Crippen LogP contribution >= 0.6 is 11.6 Å². The second kappa shape index (κ2) is 5.37. The Kier molecular flexibility index (Phi) is 3.62. The van der Waals surface area contributed by atoms with Gasteiger partial charge < -0.3 is 9.47 Å². The van der Waals surface area contributed by atoms with Crippen LogP contribution in [0.1, 0.15) is 0 Å². The summed E-state index contributed by atoms with van der Waals surface area (Å²) in [6.07, 6.45) is -0.779. The van der Waals surface area contributed by atoms with E-state index in [9.17, 15) is 4.79 Å². The molecule has 0 aliphatic carbocycles. The number of carbonyl (C=O) groups excluding carboxylic acids is 1. The highest BCUT2D eigenvalue weighted by Gasteiger charge is 2.06. The van der Waals surface area contributed by atoms with Gasteiger partial charge in [-0.25, -0.2) is 4.79 Å². The van der Waals surface area contributed by atoms with Gasteiger partial charge in [-0.15, -0.1) is 0 Å². The summed E-state index contributed by atoms with van der Waals surface area (Å²) in [6.45, 7) is 0. The molecule has 3 nitrogen and oxygen atoms in total. The molecule has 0 bridgehead atoms. The molecule has 2 aromatic rings. The topological polar surface area (TPSA) is 35.5 Å². The van der Waals surface area contributed by atoms with Gasteiger partial charge in [-0.05, 0) is 36.4 Å². The third kappa shape index (κ3) is 3.50. The molecule has 0 saturated heterocycles. The van der Waals surface area contributed by atoms with Crippen molar-refractivity contribution in [3.63, 3.8) is 0 Å². The third-order valence-corrected chi connectivity index (χ3v) is 2.21. The first kappa shape index (κ1) is 11.5. The van der Waals surface area contributed by atoms with Crippen LogP contribution in [0.5, 0.6) is 11.5 Å². The zero-order valence-corrected chi connectivity index (χ0v) is 9.55. The van der Waals surface area contributed by atoms with E-state index in [0.717, 1.165) is 0 Å². The summed E-state index contributed by atoms with van der Waals surface area (Å²) < 4.78 is 9.91. The summed E-state index contributed by atoms with van der Waals surface area (Å²) >= 11 is 5.71. The Morgan fingerprint density at radius 1 is 0.824 bits per heavy atom. The SMILES string of the molecule is O=C(Oc1ccccc1)Oc1ccc(Cl)cc1. The standard InChI is InChI=1S/C13H9ClO3/c14-10-6-8-12(9-7-10)17-13(15)16-11-4-2-1-3-5-11/h1-9H. The summed E-state index contributed by atoms with van der Waals surface area (Å²) in [7, 11) is 0. The third-order valence-electron chi connectivity index (χ3n) is 1.96. The largest absolute Gasteiger partial charge is 0.519 e. The maximum Gasteiger partial charge on any atom is 0.519 e. The van der Waals surface area contributed by atoms with Crippen LogP contribution in [-0.4, -0.2) is 6.16 Å². The lowest BCUT2D eigenvalue weighted by atomic mass is 10.3. The summed E-state index contributed by atoms with van der Waals surface area (Å²) in [6, 6.07) is 15.2. The van der Waals surface area contributed by atoms with Gasteiger partial charge in [0.1, 0.15) is 11.5 Å². The van der Waals surface area contributed by atoms with Gasteiger partial charge in [-0.2, -0.15) is 0 Å². The van der Waals surface area contributed by atoms with E-state index in [2.05, 4.69) is 0 Å². The van der Waals surface area contributed by atoms with Crippen molar-refractivity contribution in [1.82, 2.24) is 0 Å². The van der Waals surface area contributed by atoms with Crippen LogP contribution in [0.4, 0.5) is 4.79 Å². The van der Waals surface area contributed by atoms with Gasteiger partial charge in [0, 0.05) is 5.02 Å². The molecule has 86 valence electrons. The Balaban J connectivity index is 1.96. The molecular formula is C13H9ClO3. The second-order valence-corrected chi connectivity index (χ2v) is 3.66. The molecule has 2 rings (SSSR count). The molecule has 0 unspecified atom stereocenters.